The van der Waals surface area contributed by atoms with Crippen LogP contribution in [-0.2, 0) is 6.54 Å². The van der Waals surface area contributed by atoms with Gasteiger partial charge in [0.2, 0.25) is 0 Å². The average molecular weight is 401 g/mol. The SMILES string of the molecule is Cc1cc(=O)c(C(=O)Nc2c(Cl)cccc2Cl)c(C)n1Cc1ccccc1. The normalized spacial score (nSPS) is 10.7. The van der Waals surface area contributed by atoms with E-state index in [1.807, 2.05) is 41.8 Å². The molecule has 3 rings (SSSR count). The van der Waals surface area contributed by atoms with Crippen LogP contribution in [0.4, 0.5) is 5.69 Å². The molecule has 0 aliphatic heterocycles. The quantitative estimate of drug-likeness (QED) is 0.664. The standard InChI is InChI=1S/C21H18Cl2N2O2/c1-13-11-18(26)19(14(2)25(13)12-15-7-4-3-5-8-15)21(27)24-20-16(22)9-6-10-17(20)23/h3-11H,12H2,1-2H3,(H,24,27). The Balaban J connectivity index is 2.01. The van der Waals surface area contributed by atoms with Gasteiger partial charge in [-0.2, -0.15) is 0 Å². The molecule has 0 radical (unpaired) electrons. The second kappa shape index (κ2) is 7.99. The summed E-state index contributed by atoms with van der Waals surface area (Å²) in [6.45, 7) is 4.18. The molecule has 0 spiro atoms. The van der Waals surface area contributed by atoms with Crippen LogP contribution in [0.5, 0.6) is 0 Å². The molecule has 6 heteroatoms. The maximum Gasteiger partial charge on any atom is 0.261 e. The Morgan fingerprint density at radius 3 is 2.26 bits per heavy atom. The molecule has 0 fully saturated rings. The summed E-state index contributed by atoms with van der Waals surface area (Å²) < 4.78 is 1.94. The molecular weight excluding hydrogens is 383 g/mol. The maximum absolute atomic E-state index is 12.8. The molecule has 1 heterocycles. The molecule has 0 aliphatic carbocycles. The summed E-state index contributed by atoms with van der Waals surface area (Å²) in [5, 5.41) is 3.29. The first kappa shape index (κ1) is 19.2. The third-order valence-corrected chi connectivity index (χ3v) is 5.02. The second-order valence-electron chi connectivity index (χ2n) is 6.23. The summed E-state index contributed by atoms with van der Waals surface area (Å²) in [6.07, 6.45) is 0. The topological polar surface area (TPSA) is 51.1 Å². The van der Waals surface area contributed by atoms with Gasteiger partial charge >= 0.3 is 0 Å². The molecule has 0 saturated carbocycles. The van der Waals surface area contributed by atoms with E-state index in [0.29, 0.717) is 28.0 Å². The number of aryl methyl sites for hydroxylation is 1. The predicted octanol–water partition coefficient (Wildman–Crippen LogP) is 5.07. The van der Waals surface area contributed by atoms with Crippen molar-refractivity contribution in [3.63, 3.8) is 0 Å². The molecule has 3 aromatic rings. The van der Waals surface area contributed by atoms with Crippen LogP contribution in [0, 0.1) is 13.8 Å². The Morgan fingerprint density at radius 1 is 1.00 bits per heavy atom. The number of nitrogens with zero attached hydrogens (tertiary/aromatic N) is 1. The molecule has 27 heavy (non-hydrogen) atoms. The van der Waals surface area contributed by atoms with Crippen LogP contribution in [0.3, 0.4) is 0 Å². The zero-order valence-electron chi connectivity index (χ0n) is 14.9. The van der Waals surface area contributed by atoms with Crippen molar-refractivity contribution in [2.45, 2.75) is 20.4 Å². The Morgan fingerprint density at radius 2 is 1.63 bits per heavy atom. The van der Waals surface area contributed by atoms with Crippen LogP contribution in [0.15, 0.2) is 59.4 Å². The molecule has 2 aromatic carbocycles. The van der Waals surface area contributed by atoms with Crippen molar-refractivity contribution in [2.24, 2.45) is 0 Å². The van der Waals surface area contributed by atoms with Crippen molar-refractivity contribution in [2.75, 3.05) is 5.32 Å². The van der Waals surface area contributed by atoms with Crippen LogP contribution < -0.4 is 10.7 Å². The molecule has 1 N–H and O–H groups in total. The molecule has 0 aliphatic rings. The molecule has 1 amide bonds. The lowest BCUT2D eigenvalue weighted by Crippen LogP contribution is -2.27. The van der Waals surface area contributed by atoms with Gasteiger partial charge in [0, 0.05) is 24.0 Å². The van der Waals surface area contributed by atoms with Gasteiger partial charge in [-0.1, -0.05) is 59.6 Å². The average Bonchev–Trinajstić information content (AvgIpc) is 2.62. The molecule has 0 unspecified atom stereocenters. The maximum atomic E-state index is 12.8. The van der Waals surface area contributed by atoms with Crippen molar-refractivity contribution in [3.8, 4) is 0 Å². The highest BCUT2D eigenvalue weighted by atomic mass is 35.5. The van der Waals surface area contributed by atoms with Crippen molar-refractivity contribution in [1.29, 1.82) is 0 Å². The first-order valence-corrected chi connectivity index (χ1v) is 9.14. The van der Waals surface area contributed by atoms with E-state index in [9.17, 15) is 9.59 Å². The number of hydrogen-bond acceptors (Lipinski definition) is 2. The number of halogens is 2. The van der Waals surface area contributed by atoms with Gasteiger partial charge in [-0.05, 0) is 31.5 Å². The van der Waals surface area contributed by atoms with Crippen molar-refractivity contribution in [1.82, 2.24) is 4.57 Å². The van der Waals surface area contributed by atoms with E-state index < -0.39 is 5.91 Å². The smallest absolute Gasteiger partial charge is 0.261 e. The summed E-state index contributed by atoms with van der Waals surface area (Å²) in [5.41, 5.74) is 2.48. The number of rotatable bonds is 4. The van der Waals surface area contributed by atoms with Gasteiger partial charge in [0.1, 0.15) is 5.56 Å². The van der Waals surface area contributed by atoms with Gasteiger partial charge in [-0.25, -0.2) is 0 Å². The Bertz CT molecular complexity index is 1040. The van der Waals surface area contributed by atoms with Crippen LogP contribution >= 0.6 is 23.2 Å². The fourth-order valence-corrected chi connectivity index (χ4v) is 3.49. The zero-order chi connectivity index (χ0) is 19.6. The van der Waals surface area contributed by atoms with E-state index in [1.165, 1.54) is 6.07 Å². The molecule has 0 saturated heterocycles. The zero-order valence-corrected chi connectivity index (χ0v) is 16.4. The summed E-state index contributed by atoms with van der Waals surface area (Å²) >= 11 is 12.2. The number of para-hydroxylation sites is 1. The predicted molar refractivity (Wildman–Crippen MR) is 110 cm³/mol. The van der Waals surface area contributed by atoms with Gasteiger partial charge in [0.05, 0.1) is 15.7 Å². The molecule has 4 nitrogen and oxygen atoms in total. The number of hydrogen-bond donors (Lipinski definition) is 1. The second-order valence-corrected chi connectivity index (χ2v) is 7.05. The van der Waals surface area contributed by atoms with Gasteiger partial charge in [0.15, 0.2) is 5.43 Å². The number of aromatic nitrogens is 1. The highest BCUT2D eigenvalue weighted by molar-refractivity contribution is 6.40. The molecule has 0 atom stereocenters. The highest BCUT2D eigenvalue weighted by Crippen LogP contribution is 2.30. The van der Waals surface area contributed by atoms with Crippen LogP contribution in [-0.4, -0.2) is 10.5 Å². The first-order valence-electron chi connectivity index (χ1n) is 8.39. The lowest BCUT2D eigenvalue weighted by molar-refractivity contribution is 0.102. The number of carbonyl (C=O) groups is 1. The van der Waals surface area contributed by atoms with Crippen LogP contribution in [0.1, 0.15) is 27.3 Å². The highest BCUT2D eigenvalue weighted by Gasteiger charge is 2.19. The lowest BCUT2D eigenvalue weighted by Gasteiger charge is -2.18. The van der Waals surface area contributed by atoms with Crippen molar-refractivity contribution >= 4 is 34.8 Å². The summed E-state index contributed by atoms with van der Waals surface area (Å²) in [4.78, 5) is 25.4. The van der Waals surface area contributed by atoms with Gasteiger partial charge in [-0.3, -0.25) is 9.59 Å². The Labute approximate surface area is 167 Å². The lowest BCUT2D eigenvalue weighted by atomic mass is 10.1. The van der Waals surface area contributed by atoms with E-state index in [4.69, 9.17) is 23.2 Å². The van der Waals surface area contributed by atoms with Crippen LogP contribution in [0.25, 0.3) is 0 Å². The molecular formula is C21H18Cl2N2O2. The number of amides is 1. The summed E-state index contributed by atoms with van der Waals surface area (Å²) in [6, 6.07) is 16.3. The molecule has 138 valence electrons. The third kappa shape index (κ3) is 4.07. The van der Waals surface area contributed by atoms with E-state index in [-0.39, 0.29) is 11.0 Å². The summed E-state index contributed by atoms with van der Waals surface area (Å²) in [7, 11) is 0. The number of pyridine rings is 1. The number of carbonyl (C=O) groups excluding carboxylic acids is 1. The third-order valence-electron chi connectivity index (χ3n) is 4.39. The molecule has 0 bridgehead atoms. The fourth-order valence-electron chi connectivity index (χ4n) is 3.00. The minimum Gasteiger partial charge on any atom is -0.344 e. The van der Waals surface area contributed by atoms with Crippen LogP contribution in [0.2, 0.25) is 10.0 Å². The van der Waals surface area contributed by atoms with E-state index in [1.54, 1.807) is 25.1 Å². The number of benzene rings is 2. The van der Waals surface area contributed by atoms with E-state index in [0.717, 1.165) is 11.3 Å². The minimum atomic E-state index is -0.533. The van der Waals surface area contributed by atoms with Crippen molar-refractivity contribution < 1.29 is 4.79 Å². The van der Waals surface area contributed by atoms with Gasteiger partial charge < -0.3 is 9.88 Å². The fraction of sp³-hybridized carbons (Fsp3) is 0.143. The van der Waals surface area contributed by atoms with Gasteiger partial charge in [-0.15, -0.1) is 0 Å². The Hall–Kier alpha value is -2.56. The monoisotopic (exact) mass is 400 g/mol. The minimum absolute atomic E-state index is 0.0764. The van der Waals surface area contributed by atoms with E-state index in [2.05, 4.69) is 5.32 Å². The summed E-state index contributed by atoms with van der Waals surface area (Å²) in [5.74, 6) is -0.533. The number of anilines is 1. The molecule has 1 aromatic heterocycles. The Kier molecular flexibility index (Phi) is 5.68. The number of nitrogens with one attached hydrogen (secondary N) is 1. The van der Waals surface area contributed by atoms with Crippen molar-refractivity contribution in [3.05, 3.63) is 97.4 Å². The van der Waals surface area contributed by atoms with E-state index >= 15 is 0 Å². The van der Waals surface area contributed by atoms with Gasteiger partial charge in [0.25, 0.3) is 5.91 Å². The largest absolute Gasteiger partial charge is 0.344 e. The first-order chi connectivity index (χ1) is 12.9.